The smallest absolute Gasteiger partial charge is 0.162 e. The van der Waals surface area contributed by atoms with Crippen molar-refractivity contribution >= 4 is 56.9 Å². The molecule has 0 amide bonds. The van der Waals surface area contributed by atoms with Crippen molar-refractivity contribution < 1.29 is 4.42 Å². The Balaban J connectivity index is 1.16. The van der Waals surface area contributed by atoms with Gasteiger partial charge in [0.1, 0.15) is 17.0 Å². The first-order chi connectivity index (χ1) is 27.0. The summed E-state index contributed by atoms with van der Waals surface area (Å²) in [5.41, 5.74) is 16.8. The summed E-state index contributed by atoms with van der Waals surface area (Å²) >= 11 is 0. The summed E-state index contributed by atoms with van der Waals surface area (Å²) in [5.74, 6) is 1.50. The number of para-hydroxylation sites is 2. The van der Waals surface area contributed by atoms with Crippen LogP contribution in [-0.4, -0.2) is 9.97 Å². The summed E-state index contributed by atoms with van der Waals surface area (Å²) in [6.45, 7) is 4.78. The standard InChI is InChI=1S/C51H37N3O/c1-51(2)42-22-11-9-18-38(42)41-30-46-36(29-43(41)51)25-24-35-28-34(37-20-13-21-40-39-19-10-12-23-47(39)55-49(37)40)26-27-45(35)54(46)48-31-44(32-14-5-3-6-15-32)52-50(53-48)33-16-7-4-8-17-33/h3-10,12-21,23-31H,11,22H2,1-2H3. The van der Waals surface area contributed by atoms with Crippen LogP contribution in [0, 0.1) is 0 Å². The third-order valence-corrected chi connectivity index (χ3v) is 11.8. The average Bonchev–Trinajstić information content (AvgIpc) is 3.66. The van der Waals surface area contributed by atoms with E-state index >= 15 is 0 Å². The van der Waals surface area contributed by atoms with Gasteiger partial charge in [0, 0.05) is 38.9 Å². The molecule has 3 aliphatic rings. The predicted octanol–water partition coefficient (Wildman–Crippen LogP) is 13.7. The average molecular weight is 708 g/mol. The molecule has 0 unspecified atom stereocenters. The fraction of sp³-hybridized carbons (Fsp3) is 0.0980. The van der Waals surface area contributed by atoms with Crippen molar-refractivity contribution in [1.29, 1.82) is 0 Å². The van der Waals surface area contributed by atoms with Crippen LogP contribution in [0.1, 0.15) is 48.9 Å². The zero-order valence-electron chi connectivity index (χ0n) is 30.8. The van der Waals surface area contributed by atoms with Crippen molar-refractivity contribution in [2.24, 2.45) is 0 Å². The van der Waals surface area contributed by atoms with Gasteiger partial charge in [-0.25, -0.2) is 9.97 Å². The van der Waals surface area contributed by atoms with E-state index < -0.39 is 0 Å². The third kappa shape index (κ3) is 4.98. The molecule has 0 N–H and O–H groups in total. The number of hydrogen-bond acceptors (Lipinski definition) is 4. The van der Waals surface area contributed by atoms with Gasteiger partial charge in [0.25, 0.3) is 0 Å². The number of anilines is 3. The normalized spacial score (nSPS) is 15.2. The topological polar surface area (TPSA) is 42.2 Å². The van der Waals surface area contributed by atoms with E-state index in [2.05, 4.69) is 146 Å². The number of rotatable bonds is 4. The second-order valence-corrected chi connectivity index (χ2v) is 15.3. The Morgan fingerprint density at radius 3 is 2.18 bits per heavy atom. The summed E-state index contributed by atoms with van der Waals surface area (Å²) in [5, 5.41) is 2.25. The molecule has 8 aromatic rings. The summed E-state index contributed by atoms with van der Waals surface area (Å²) < 4.78 is 6.51. The summed E-state index contributed by atoms with van der Waals surface area (Å²) in [7, 11) is 0. The van der Waals surface area contributed by atoms with E-state index in [4.69, 9.17) is 14.4 Å². The van der Waals surface area contributed by atoms with Gasteiger partial charge in [-0.3, -0.25) is 4.90 Å². The molecule has 0 saturated carbocycles. The Morgan fingerprint density at radius 2 is 1.35 bits per heavy atom. The molecule has 2 aliphatic carbocycles. The van der Waals surface area contributed by atoms with Gasteiger partial charge in [-0.15, -0.1) is 0 Å². The largest absolute Gasteiger partial charge is 0.455 e. The fourth-order valence-corrected chi connectivity index (χ4v) is 9.01. The Kier molecular flexibility index (Phi) is 6.99. The van der Waals surface area contributed by atoms with Crippen molar-refractivity contribution in [3.63, 3.8) is 0 Å². The Labute approximate surface area is 320 Å². The first-order valence-electron chi connectivity index (χ1n) is 19.1. The van der Waals surface area contributed by atoms with Crippen LogP contribution < -0.4 is 4.90 Å². The molecule has 11 rings (SSSR count). The van der Waals surface area contributed by atoms with Gasteiger partial charge < -0.3 is 4.42 Å². The zero-order chi connectivity index (χ0) is 36.7. The molecule has 55 heavy (non-hydrogen) atoms. The molecular formula is C51H37N3O. The number of furan rings is 1. The Hall–Kier alpha value is -6.78. The monoisotopic (exact) mass is 707 g/mol. The van der Waals surface area contributed by atoms with E-state index in [-0.39, 0.29) is 5.41 Å². The molecule has 262 valence electrons. The molecule has 3 heterocycles. The van der Waals surface area contributed by atoms with Gasteiger partial charge >= 0.3 is 0 Å². The van der Waals surface area contributed by atoms with Crippen molar-refractivity contribution in [3.8, 4) is 33.8 Å². The number of nitrogens with zero attached hydrogens (tertiary/aromatic N) is 3. The molecule has 0 bridgehead atoms. The highest BCUT2D eigenvalue weighted by molar-refractivity contribution is 6.10. The highest BCUT2D eigenvalue weighted by Crippen LogP contribution is 2.54. The van der Waals surface area contributed by atoms with Crippen molar-refractivity contribution in [3.05, 3.63) is 180 Å². The highest BCUT2D eigenvalue weighted by Gasteiger charge is 2.39. The van der Waals surface area contributed by atoms with Gasteiger partial charge in [0.2, 0.25) is 0 Å². The van der Waals surface area contributed by atoms with Gasteiger partial charge in [-0.2, -0.15) is 0 Å². The van der Waals surface area contributed by atoms with Gasteiger partial charge in [-0.1, -0.05) is 147 Å². The molecule has 6 aromatic carbocycles. The van der Waals surface area contributed by atoms with E-state index in [0.717, 1.165) is 91.0 Å². The van der Waals surface area contributed by atoms with E-state index in [9.17, 15) is 0 Å². The lowest BCUT2D eigenvalue weighted by atomic mass is 9.78. The Morgan fingerprint density at radius 1 is 0.600 bits per heavy atom. The minimum atomic E-state index is -0.0450. The quantitative estimate of drug-likeness (QED) is 0.183. The number of hydrogen-bond donors (Lipinski definition) is 0. The molecule has 4 nitrogen and oxygen atoms in total. The van der Waals surface area contributed by atoms with Crippen LogP contribution in [-0.2, 0) is 5.41 Å². The maximum absolute atomic E-state index is 6.51. The van der Waals surface area contributed by atoms with Crippen molar-refractivity contribution in [1.82, 2.24) is 9.97 Å². The van der Waals surface area contributed by atoms with Crippen LogP contribution in [0.5, 0.6) is 0 Å². The van der Waals surface area contributed by atoms with Crippen LogP contribution in [0.15, 0.2) is 162 Å². The molecular weight excluding hydrogens is 671 g/mol. The van der Waals surface area contributed by atoms with Gasteiger partial charge in [0.15, 0.2) is 5.82 Å². The summed E-state index contributed by atoms with van der Waals surface area (Å²) in [4.78, 5) is 12.9. The van der Waals surface area contributed by atoms with Crippen LogP contribution in [0.4, 0.5) is 17.2 Å². The van der Waals surface area contributed by atoms with Crippen LogP contribution in [0.3, 0.4) is 0 Å². The minimum absolute atomic E-state index is 0.0450. The Bertz CT molecular complexity index is 2890. The lowest BCUT2D eigenvalue weighted by Crippen LogP contribution is -2.19. The lowest BCUT2D eigenvalue weighted by Gasteiger charge is -2.29. The maximum Gasteiger partial charge on any atom is 0.162 e. The van der Waals surface area contributed by atoms with Crippen LogP contribution in [0.25, 0.3) is 73.4 Å². The molecule has 0 spiro atoms. The van der Waals surface area contributed by atoms with Crippen molar-refractivity contribution in [2.45, 2.75) is 32.1 Å². The fourth-order valence-electron chi connectivity index (χ4n) is 9.01. The molecule has 0 radical (unpaired) electrons. The molecule has 0 saturated heterocycles. The van der Waals surface area contributed by atoms with Gasteiger partial charge in [0.05, 0.1) is 17.1 Å². The zero-order valence-corrected chi connectivity index (χ0v) is 30.8. The third-order valence-electron chi connectivity index (χ3n) is 11.8. The number of benzene rings is 6. The van der Waals surface area contributed by atoms with Crippen LogP contribution in [0.2, 0.25) is 0 Å². The van der Waals surface area contributed by atoms with E-state index in [0.29, 0.717) is 5.82 Å². The first-order valence-corrected chi connectivity index (χ1v) is 19.1. The predicted molar refractivity (Wildman–Crippen MR) is 228 cm³/mol. The lowest BCUT2D eigenvalue weighted by molar-refractivity contribution is 0.607. The summed E-state index contributed by atoms with van der Waals surface area (Å²) in [6.07, 6.45) is 11.4. The maximum atomic E-state index is 6.51. The minimum Gasteiger partial charge on any atom is -0.455 e. The molecule has 4 heteroatoms. The summed E-state index contributed by atoms with van der Waals surface area (Å²) in [6, 6.07) is 49.2. The number of fused-ring (bicyclic) bond motifs is 7. The van der Waals surface area contributed by atoms with Crippen LogP contribution >= 0.6 is 0 Å². The van der Waals surface area contributed by atoms with Crippen molar-refractivity contribution in [2.75, 3.05) is 4.90 Å². The van der Waals surface area contributed by atoms with E-state index in [1.165, 1.54) is 22.3 Å². The van der Waals surface area contributed by atoms with E-state index in [1.54, 1.807) is 0 Å². The number of allylic oxidation sites excluding steroid dienone is 4. The molecule has 1 aliphatic heterocycles. The van der Waals surface area contributed by atoms with E-state index in [1.807, 2.05) is 36.4 Å². The first kappa shape index (κ1) is 31.7. The molecule has 0 fully saturated rings. The molecule has 0 atom stereocenters. The second-order valence-electron chi connectivity index (χ2n) is 15.3. The number of aromatic nitrogens is 2. The van der Waals surface area contributed by atoms with Gasteiger partial charge in [-0.05, 0) is 76.6 Å². The molecule has 2 aromatic heterocycles. The highest BCUT2D eigenvalue weighted by atomic mass is 16.3. The SMILES string of the molecule is CC1(C)C2=C(C=CCC2)c2cc3c(cc21)C=Cc1cc(-c2cccc4c2oc2ccccc24)ccc1N3c1cc(-c2ccccc2)nc(-c2ccccc2)n1. The second kappa shape index (κ2) is 12.1.